The van der Waals surface area contributed by atoms with Gasteiger partial charge in [0.05, 0.1) is 25.8 Å². The van der Waals surface area contributed by atoms with Gasteiger partial charge in [-0.05, 0) is 72.4 Å². The van der Waals surface area contributed by atoms with Crippen molar-refractivity contribution in [2.24, 2.45) is 0 Å². The van der Waals surface area contributed by atoms with Crippen molar-refractivity contribution in [1.82, 2.24) is 5.32 Å². The van der Waals surface area contributed by atoms with Crippen molar-refractivity contribution in [3.8, 4) is 16.9 Å². The van der Waals surface area contributed by atoms with E-state index < -0.39 is 23.8 Å². The lowest BCUT2D eigenvalue weighted by Crippen LogP contribution is -2.37. The van der Waals surface area contributed by atoms with Gasteiger partial charge in [-0.25, -0.2) is 4.79 Å². The molecule has 0 heterocycles. The molecule has 3 aromatic carbocycles. The number of hydrogen-bond donors (Lipinski definition) is 2. The van der Waals surface area contributed by atoms with E-state index in [-0.39, 0.29) is 12.5 Å². The van der Waals surface area contributed by atoms with Gasteiger partial charge in [0.2, 0.25) is 0 Å². The summed E-state index contributed by atoms with van der Waals surface area (Å²) >= 11 is 0. The lowest BCUT2D eigenvalue weighted by atomic mass is 10.0. The van der Waals surface area contributed by atoms with Gasteiger partial charge in [-0.15, -0.1) is 0 Å². The number of halogens is 3. The van der Waals surface area contributed by atoms with Crippen molar-refractivity contribution >= 4 is 11.9 Å². The van der Waals surface area contributed by atoms with Crippen LogP contribution in [-0.2, 0) is 22.1 Å². The van der Waals surface area contributed by atoms with Gasteiger partial charge in [0, 0.05) is 5.56 Å². The molecule has 0 aliphatic rings. The Labute approximate surface area is 232 Å². The first-order valence-electron chi connectivity index (χ1n) is 13.2. The maximum Gasteiger partial charge on any atom is 0.416 e. The van der Waals surface area contributed by atoms with E-state index in [1.807, 2.05) is 36.4 Å². The molecular formula is C31H34F3NO5. The fourth-order valence-corrected chi connectivity index (χ4v) is 4.08. The van der Waals surface area contributed by atoms with E-state index in [0.717, 1.165) is 67.5 Å². The van der Waals surface area contributed by atoms with E-state index in [1.165, 1.54) is 19.2 Å². The van der Waals surface area contributed by atoms with Crippen molar-refractivity contribution in [2.45, 2.75) is 50.8 Å². The van der Waals surface area contributed by atoms with Crippen LogP contribution in [-0.4, -0.2) is 43.3 Å². The number of carbonyl (C=O) groups is 2. The van der Waals surface area contributed by atoms with E-state index >= 15 is 0 Å². The van der Waals surface area contributed by atoms with Crippen molar-refractivity contribution in [3.05, 3.63) is 89.5 Å². The molecule has 0 aromatic heterocycles. The maximum absolute atomic E-state index is 12.7. The number of carbonyl (C=O) groups excluding carboxylic acids is 2. The van der Waals surface area contributed by atoms with E-state index in [4.69, 9.17) is 4.74 Å². The van der Waals surface area contributed by atoms with Gasteiger partial charge >= 0.3 is 12.1 Å². The molecule has 1 unspecified atom stereocenters. The summed E-state index contributed by atoms with van der Waals surface area (Å²) in [5.74, 6) is -0.436. The third kappa shape index (κ3) is 9.72. The predicted molar refractivity (Wildman–Crippen MR) is 146 cm³/mol. The minimum absolute atomic E-state index is 0.212. The molecule has 1 amide bonds. The van der Waals surface area contributed by atoms with Crippen LogP contribution < -0.4 is 10.1 Å². The van der Waals surface area contributed by atoms with Crippen LogP contribution >= 0.6 is 0 Å². The Bertz CT molecular complexity index is 1210. The van der Waals surface area contributed by atoms with Crippen LogP contribution in [0.3, 0.4) is 0 Å². The molecular weight excluding hydrogens is 523 g/mol. The normalized spacial score (nSPS) is 12.0. The highest BCUT2D eigenvalue weighted by Gasteiger charge is 2.29. The second-order valence-corrected chi connectivity index (χ2v) is 9.41. The van der Waals surface area contributed by atoms with E-state index in [1.54, 1.807) is 12.1 Å². The topological polar surface area (TPSA) is 84.9 Å². The molecule has 0 aliphatic carbocycles. The first kappa shape index (κ1) is 30.7. The molecule has 1 atom stereocenters. The van der Waals surface area contributed by atoms with Gasteiger partial charge in [0.1, 0.15) is 5.75 Å². The Morgan fingerprint density at radius 2 is 1.40 bits per heavy atom. The second-order valence-electron chi connectivity index (χ2n) is 9.41. The third-order valence-corrected chi connectivity index (χ3v) is 6.42. The fraction of sp³-hybridized carbons (Fsp3) is 0.355. The number of methoxy groups -OCH3 is 1. The largest absolute Gasteiger partial charge is 0.494 e. The Balaban J connectivity index is 1.27. The maximum atomic E-state index is 12.7. The highest BCUT2D eigenvalue weighted by molar-refractivity contribution is 5.94. The van der Waals surface area contributed by atoms with Crippen LogP contribution in [0.4, 0.5) is 13.2 Å². The molecule has 3 rings (SSSR count). The minimum atomic E-state index is -4.34. The number of ether oxygens (including phenoxy) is 2. The smallest absolute Gasteiger partial charge is 0.416 e. The van der Waals surface area contributed by atoms with Crippen LogP contribution in [0.1, 0.15) is 53.6 Å². The van der Waals surface area contributed by atoms with E-state index in [2.05, 4.69) is 10.1 Å². The number of rotatable bonds is 14. The van der Waals surface area contributed by atoms with Gasteiger partial charge in [0.25, 0.3) is 5.91 Å². The summed E-state index contributed by atoms with van der Waals surface area (Å²) in [6.45, 7) is 0.385. The molecule has 0 aliphatic heterocycles. The molecule has 3 aromatic rings. The standard InChI is InChI=1S/C31H34F3NO5/c1-39-30(38)28(36)21-35-29(37)25-10-8-22(9-11-25)7-5-3-2-4-6-20-40-27-18-14-24(15-19-27)23-12-16-26(17-13-23)31(32,33)34/h8-19,28,36H,2-7,20-21H2,1H3,(H,35,37). The van der Waals surface area contributed by atoms with Gasteiger partial charge in [-0.2, -0.15) is 13.2 Å². The summed E-state index contributed by atoms with van der Waals surface area (Å²) in [5.41, 5.74) is 2.47. The summed E-state index contributed by atoms with van der Waals surface area (Å²) in [7, 11) is 1.17. The number of unbranched alkanes of at least 4 members (excludes halogenated alkanes) is 4. The zero-order valence-corrected chi connectivity index (χ0v) is 22.4. The summed E-state index contributed by atoms with van der Waals surface area (Å²) in [4.78, 5) is 23.3. The van der Waals surface area contributed by atoms with Crippen LogP contribution in [0.15, 0.2) is 72.8 Å². The zero-order valence-electron chi connectivity index (χ0n) is 22.4. The summed E-state index contributed by atoms with van der Waals surface area (Å²) in [5, 5.41) is 12.1. The molecule has 0 bridgehead atoms. The third-order valence-electron chi connectivity index (χ3n) is 6.42. The number of benzene rings is 3. The van der Waals surface area contributed by atoms with Gasteiger partial charge in [-0.1, -0.05) is 55.7 Å². The molecule has 40 heavy (non-hydrogen) atoms. The number of aryl methyl sites for hydroxylation is 1. The summed E-state index contributed by atoms with van der Waals surface area (Å²) < 4.78 is 48.4. The van der Waals surface area contributed by atoms with Gasteiger partial charge < -0.3 is 19.9 Å². The Kier molecular flexibility index (Phi) is 11.6. The molecule has 214 valence electrons. The number of aliphatic hydroxyl groups is 1. The molecule has 2 N–H and O–H groups in total. The van der Waals surface area contributed by atoms with Crippen LogP contribution in [0, 0.1) is 0 Å². The molecule has 9 heteroatoms. The quantitative estimate of drug-likeness (QED) is 0.182. The number of aliphatic hydroxyl groups excluding tert-OH is 1. The monoisotopic (exact) mass is 557 g/mol. The highest BCUT2D eigenvalue weighted by atomic mass is 19.4. The van der Waals surface area contributed by atoms with Gasteiger partial charge in [-0.3, -0.25) is 4.79 Å². The number of nitrogens with one attached hydrogen (secondary N) is 1. The number of esters is 1. The predicted octanol–water partition coefficient (Wildman–Crippen LogP) is 6.21. The van der Waals surface area contributed by atoms with E-state index in [9.17, 15) is 27.9 Å². The van der Waals surface area contributed by atoms with Crippen LogP contribution in [0.5, 0.6) is 5.75 Å². The number of alkyl halides is 3. The zero-order chi connectivity index (χ0) is 29.0. The average Bonchev–Trinajstić information content (AvgIpc) is 2.97. The average molecular weight is 558 g/mol. The minimum Gasteiger partial charge on any atom is -0.494 e. The number of hydrogen-bond acceptors (Lipinski definition) is 5. The summed E-state index contributed by atoms with van der Waals surface area (Å²) in [6.07, 6.45) is 0.333. The number of amides is 1. The van der Waals surface area contributed by atoms with Crippen LogP contribution in [0.25, 0.3) is 11.1 Å². The Hall–Kier alpha value is -3.85. The highest BCUT2D eigenvalue weighted by Crippen LogP contribution is 2.31. The van der Waals surface area contributed by atoms with E-state index in [0.29, 0.717) is 17.7 Å². The molecule has 0 saturated carbocycles. The molecule has 0 saturated heterocycles. The lowest BCUT2D eigenvalue weighted by Gasteiger charge is -2.10. The Morgan fingerprint density at radius 1 is 0.825 bits per heavy atom. The summed E-state index contributed by atoms with van der Waals surface area (Å²) in [6, 6.07) is 19.7. The van der Waals surface area contributed by atoms with Crippen molar-refractivity contribution in [2.75, 3.05) is 20.3 Å². The first-order chi connectivity index (χ1) is 19.2. The first-order valence-corrected chi connectivity index (χ1v) is 13.2. The van der Waals surface area contributed by atoms with Crippen molar-refractivity contribution in [3.63, 3.8) is 0 Å². The molecule has 0 fully saturated rings. The SMILES string of the molecule is COC(=O)C(O)CNC(=O)c1ccc(CCCCCCCOc2ccc(-c3ccc(C(F)(F)F)cc3)cc2)cc1. The van der Waals surface area contributed by atoms with Crippen molar-refractivity contribution < 1.29 is 37.3 Å². The molecule has 0 radical (unpaired) electrons. The Morgan fingerprint density at radius 3 is 2.00 bits per heavy atom. The molecule has 0 spiro atoms. The lowest BCUT2D eigenvalue weighted by molar-refractivity contribution is -0.149. The van der Waals surface area contributed by atoms with Gasteiger partial charge in [0.15, 0.2) is 6.10 Å². The van der Waals surface area contributed by atoms with Crippen LogP contribution in [0.2, 0.25) is 0 Å². The van der Waals surface area contributed by atoms with Crippen molar-refractivity contribution in [1.29, 1.82) is 0 Å². The second kappa shape index (κ2) is 15.1. The molecule has 6 nitrogen and oxygen atoms in total. The fourth-order valence-electron chi connectivity index (χ4n) is 4.08.